The number of hydrogen-bond acceptors (Lipinski definition) is 4. The van der Waals surface area contributed by atoms with Crippen molar-refractivity contribution in [1.29, 1.82) is 0 Å². The average molecular weight is 221 g/mol. The van der Waals surface area contributed by atoms with Crippen molar-refractivity contribution in [2.75, 3.05) is 0 Å². The molecule has 1 aromatic carbocycles. The first-order valence-corrected chi connectivity index (χ1v) is 3.68. The van der Waals surface area contributed by atoms with Crippen LogP contribution in [0.2, 0.25) is 0 Å². The Morgan fingerprint density at radius 2 is 1.80 bits per heavy atom. The number of halogens is 3. The predicted molar refractivity (Wildman–Crippen MR) is 44.2 cm³/mol. The van der Waals surface area contributed by atoms with Gasteiger partial charge in [0.25, 0.3) is 0 Å². The van der Waals surface area contributed by atoms with Gasteiger partial charge in [0, 0.05) is 6.07 Å². The number of oxime groups is 1. The summed E-state index contributed by atoms with van der Waals surface area (Å²) in [5.74, 6) is -1.21. The zero-order valence-corrected chi connectivity index (χ0v) is 7.15. The van der Waals surface area contributed by atoms with Crippen LogP contribution in [-0.4, -0.2) is 27.3 Å². The summed E-state index contributed by atoms with van der Waals surface area (Å²) < 4.78 is 36.7. The summed E-state index contributed by atoms with van der Waals surface area (Å²) in [5.41, 5.74) is -2.33. The van der Waals surface area contributed by atoms with Crippen molar-refractivity contribution in [3.8, 4) is 11.5 Å². The molecule has 0 aliphatic carbocycles. The molecule has 15 heavy (non-hydrogen) atoms. The van der Waals surface area contributed by atoms with Gasteiger partial charge in [-0.25, -0.2) is 0 Å². The molecule has 82 valence electrons. The molecule has 0 fully saturated rings. The third-order valence-electron chi connectivity index (χ3n) is 1.60. The highest BCUT2D eigenvalue weighted by Crippen LogP contribution is 2.29. The highest BCUT2D eigenvalue weighted by molar-refractivity contribution is 6.06. The molecule has 0 aromatic heterocycles. The highest BCUT2D eigenvalue weighted by atomic mass is 19.4. The Balaban J connectivity index is 3.27. The van der Waals surface area contributed by atoms with Crippen LogP contribution in [0.4, 0.5) is 13.2 Å². The van der Waals surface area contributed by atoms with Gasteiger partial charge in [0.1, 0.15) is 11.5 Å². The Morgan fingerprint density at radius 1 is 1.20 bits per heavy atom. The molecule has 0 bridgehead atoms. The van der Waals surface area contributed by atoms with E-state index in [2.05, 4.69) is 5.16 Å². The van der Waals surface area contributed by atoms with E-state index in [-0.39, 0.29) is 0 Å². The molecule has 0 radical (unpaired) electrons. The maximum atomic E-state index is 12.2. The number of benzene rings is 1. The zero-order valence-electron chi connectivity index (χ0n) is 7.15. The summed E-state index contributed by atoms with van der Waals surface area (Å²) in [6, 6.07) is 2.45. The summed E-state index contributed by atoms with van der Waals surface area (Å²) in [6.45, 7) is 0. The lowest BCUT2D eigenvalue weighted by Gasteiger charge is -2.09. The third-order valence-corrected chi connectivity index (χ3v) is 1.60. The van der Waals surface area contributed by atoms with Crippen LogP contribution in [0, 0.1) is 0 Å². The predicted octanol–water partition coefficient (Wildman–Crippen LogP) is 1.84. The van der Waals surface area contributed by atoms with Gasteiger partial charge >= 0.3 is 6.18 Å². The molecule has 0 heterocycles. The first-order valence-electron chi connectivity index (χ1n) is 3.68. The number of nitrogens with zero attached hydrogens (tertiary/aromatic N) is 1. The van der Waals surface area contributed by atoms with Crippen molar-refractivity contribution in [1.82, 2.24) is 0 Å². The van der Waals surface area contributed by atoms with E-state index in [0.717, 1.165) is 12.1 Å². The second-order valence-corrected chi connectivity index (χ2v) is 2.65. The van der Waals surface area contributed by atoms with E-state index >= 15 is 0 Å². The van der Waals surface area contributed by atoms with Crippen LogP contribution in [0.5, 0.6) is 11.5 Å². The summed E-state index contributed by atoms with van der Waals surface area (Å²) in [6.07, 6.45) is -4.89. The van der Waals surface area contributed by atoms with Gasteiger partial charge in [-0.1, -0.05) is 5.16 Å². The largest absolute Gasteiger partial charge is 0.508 e. The van der Waals surface area contributed by atoms with E-state index in [0.29, 0.717) is 6.07 Å². The highest BCUT2D eigenvalue weighted by Gasteiger charge is 2.39. The molecule has 3 N–H and O–H groups in total. The van der Waals surface area contributed by atoms with Crippen LogP contribution in [0.15, 0.2) is 23.4 Å². The molecule has 0 amide bonds. The minimum atomic E-state index is -4.89. The van der Waals surface area contributed by atoms with Gasteiger partial charge in [-0.05, 0) is 12.1 Å². The summed E-state index contributed by atoms with van der Waals surface area (Å²) >= 11 is 0. The minimum absolute atomic E-state index is 0.393. The lowest BCUT2D eigenvalue weighted by molar-refractivity contribution is -0.0602. The molecule has 4 nitrogen and oxygen atoms in total. The van der Waals surface area contributed by atoms with Gasteiger partial charge in [-0.15, -0.1) is 0 Å². The Kier molecular flexibility index (Phi) is 2.74. The number of hydrogen-bond donors (Lipinski definition) is 3. The monoisotopic (exact) mass is 221 g/mol. The van der Waals surface area contributed by atoms with Crippen molar-refractivity contribution >= 4 is 5.71 Å². The Morgan fingerprint density at radius 3 is 2.20 bits per heavy atom. The first kappa shape index (κ1) is 11.2. The molecule has 0 spiro atoms. The van der Waals surface area contributed by atoms with E-state index in [1.807, 2.05) is 0 Å². The van der Waals surface area contributed by atoms with Crippen LogP contribution in [0.3, 0.4) is 0 Å². The quantitative estimate of drug-likeness (QED) is 0.385. The molecular weight excluding hydrogens is 215 g/mol. The van der Waals surface area contributed by atoms with Crippen LogP contribution < -0.4 is 0 Å². The molecule has 0 saturated heterocycles. The van der Waals surface area contributed by atoms with E-state index < -0.39 is 29.0 Å². The Hall–Kier alpha value is -1.92. The van der Waals surface area contributed by atoms with Crippen LogP contribution in [0.1, 0.15) is 5.56 Å². The lowest BCUT2D eigenvalue weighted by Crippen LogP contribution is -2.24. The fraction of sp³-hybridized carbons (Fsp3) is 0.125. The van der Waals surface area contributed by atoms with Gasteiger partial charge in [0.05, 0.1) is 5.56 Å². The van der Waals surface area contributed by atoms with Gasteiger partial charge in [-0.3, -0.25) is 0 Å². The second kappa shape index (κ2) is 3.68. The normalized spacial score (nSPS) is 12.9. The van der Waals surface area contributed by atoms with E-state index in [9.17, 15) is 13.2 Å². The van der Waals surface area contributed by atoms with Gasteiger partial charge in [0.2, 0.25) is 0 Å². The lowest BCUT2D eigenvalue weighted by atomic mass is 10.1. The fourth-order valence-electron chi connectivity index (χ4n) is 0.984. The summed E-state index contributed by atoms with van der Waals surface area (Å²) in [7, 11) is 0. The van der Waals surface area contributed by atoms with Crippen molar-refractivity contribution in [2.24, 2.45) is 5.16 Å². The SMILES string of the molecule is ON=C(c1ccc(O)cc1O)C(F)(F)F. The van der Waals surface area contributed by atoms with Crippen molar-refractivity contribution in [3.05, 3.63) is 23.8 Å². The number of phenols is 2. The number of rotatable bonds is 1. The van der Waals surface area contributed by atoms with Crippen molar-refractivity contribution < 1.29 is 28.6 Å². The molecule has 1 rings (SSSR count). The molecule has 7 heteroatoms. The van der Waals surface area contributed by atoms with Crippen molar-refractivity contribution in [3.63, 3.8) is 0 Å². The van der Waals surface area contributed by atoms with E-state index in [1.54, 1.807) is 0 Å². The van der Waals surface area contributed by atoms with Crippen molar-refractivity contribution in [2.45, 2.75) is 6.18 Å². The van der Waals surface area contributed by atoms with E-state index in [4.69, 9.17) is 15.4 Å². The summed E-state index contributed by atoms with van der Waals surface area (Å²) in [4.78, 5) is 0. The number of aromatic hydroxyl groups is 2. The molecular formula is C8H6F3NO3. The number of alkyl halides is 3. The summed E-state index contributed by atoms with van der Waals surface area (Å²) in [5, 5.41) is 28.2. The smallest absolute Gasteiger partial charge is 0.437 e. The van der Waals surface area contributed by atoms with Crippen LogP contribution in [-0.2, 0) is 0 Å². The molecule has 1 aromatic rings. The van der Waals surface area contributed by atoms with Crippen LogP contribution in [0.25, 0.3) is 0 Å². The Bertz CT molecular complexity index is 401. The topological polar surface area (TPSA) is 73.1 Å². The molecule has 0 atom stereocenters. The zero-order chi connectivity index (χ0) is 11.6. The van der Waals surface area contributed by atoms with Gasteiger partial charge in [0.15, 0.2) is 5.71 Å². The van der Waals surface area contributed by atoms with Gasteiger partial charge in [-0.2, -0.15) is 13.2 Å². The number of phenolic OH excluding ortho intramolecular Hbond substituents is 2. The maximum absolute atomic E-state index is 12.2. The first-order chi connectivity index (χ1) is 6.86. The maximum Gasteiger partial charge on any atom is 0.437 e. The average Bonchev–Trinajstić information content (AvgIpc) is 2.07. The standard InChI is InChI=1S/C8H6F3NO3/c9-8(10,11)7(12-15)5-2-1-4(13)3-6(5)14/h1-3,13-15H. The van der Waals surface area contributed by atoms with E-state index in [1.165, 1.54) is 0 Å². The minimum Gasteiger partial charge on any atom is -0.508 e. The Labute approximate surface area is 81.9 Å². The van der Waals surface area contributed by atoms with Gasteiger partial charge < -0.3 is 15.4 Å². The molecule has 0 aliphatic rings. The molecule has 0 aliphatic heterocycles. The molecule has 0 unspecified atom stereocenters. The fourth-order valence-corrected chi connectivity index (χ4v) is 0.984. The second-order valence-electron chi connectivity index (χ2n) is 2.65. The molecule has 0 saturated carbocycles. The van der Waals surface area contributed by atoms with Crippen LogP contribution >= 0.6 is 0 Å². The third kappa shape index (κ3) is 2.30.